The Morgan fingerprint density at radius 2 is 1.59 bits per heavy atom. The Morgan fingerprint density at radius 1 is 0.963 bits per heavy atom. The molecule has 0 N–H and O–H groups in total. The van der Waals surface area contributed by atoms with Crippen molar-refractivity contribution in [2.45, 2.75) is 70.3 Å². The first kappa shape index (κ1) is 18.8. The molecule has 2 aliphatic heterocycles. The lowest BCUT2D eigenvalue weighted by atomic mass is 9.77. The Hall–Kier alpha value is -1.59. The van der Waals surface area contributed by atoms with E-state index in [2.05, 4.69) is 32.9 Å². The van der Waals surface area contributed by atoms with Crippen LogP contribution in [0.25, 0.3) is 0 Å². The highest BCUT2D eigenvalue weighted by atomic mass is 16.7. The zero-order valence-corrected chi connectivity index (χ0v) is 16.7. The van der Waals surface area contributed by atoms with Crippen LogP contribution < -0.4 is 0 Å². The van der Waals surface area contributed by atoms with Crippen molar-refractivity contribution in [3.8, 4) is 0 Å². The zero-order valence-electron chi connectivity index (χ0n) is 16.7. The summed E-state index contributed by atoms with van der Waals surface area (Å²) >= 11 is 0. The van der Waals surface area contributed by atoms with Crippen LogP contribution in [-0.4, -0.2) is 42.1 Å². The van der Waals surface area contributed by atoms with Crippen LogP contribution in [0.5, 0.6) is 0 Å². The van der Waals surface area contributed by atoms with Gasteiger partial charge in [-0.05, 0) is 25.3 Å². The fourth-order valence-corrected chi connectivity index (χ4v) is 4.44. The second kappa shape index (κ2) is 6.78. The third kappa shape index (κ3) is 3.72. The van der Waals surface area contributed by atoms with E-state index in [0.29, 0.717) is 0 Å². The van der Waals surface area contributed by atoms with Crippen molar-refractivity contribution in [3.05, 3.63) is 35.9 Å². The normalized spacial score (nSPS) is 27.4. The first-order chi connectivity index (χ1) is 12.8. The predicted octanol–water partition coefficient (Wildman–Crippen LogP) is 4.67. The van der Waals surface area contributed by atoms with Gasteiger partial charge in [-0.3, -0.25) is 0 Å². The quantitative estimate of drug-likeness (QED) is 0.756. The van der Waals surface area contributed by atoms with Gasteiger partial charge in [-0.1, -0.05) is 44.2 Å². The first-order valence-electron chi connectivity index (χ1n) is 10.1. The summed E-state index contributed by atoms with van der Waals surface area (Å²) in [7, 11) is 0. The predicted molar refractivity (Wildman–Crippen MR) is 102 cm³/mol. The molecule has 5 heteroatoms. The van der Waals surface area contributed by atoms with E-state index in [1.807, 2.05) is 23.1 Å². The summed E-state index contributed by atoms with van der Waals surface area (Å²) in [6, 6.07) is 10.2. The van der Waals surface area contributed by atoms with Crippen LogP contribution in [0, 0.1) is 5.41 Å². The van der Waals surface area contributed by atoms with Crippen molar-refractivity contribution in [2.24, 2.45) is 5.41 Å². The molecule has 1 amide bonds. The molecule has 0 aromatic heterocycles. The average Bonchev–Trinajstić information content (AvgIpc) is 2.67. The highest BCUT2D eigenvalue weighted by Crippen LogP contribution is 2.46. The van der Waals surface area contributed by atoms with E-state index in [0.717, 1.165) is 57.4 Å². The second-order valence-corrected chi connectivity index (χ2v) is 9.23. The number of ether oxygens (including phenoxy) is 3. The van der Waals surface area contributed by atoms with Crippen LogP contribution in [-0.2, 0) is 14.2 Å². The molecule has 4 rings (SSSR count). The van der Waals surface area contributed by atoms with Gasteiger partial charge >= 0.3 is 6.09 Å². The maximum atomic E-state index is 12.8. The van der Waals surface area contributed by atoms with Crippen LogP contribution in [0.4, 0.5) is 4.79 Å². The average molecular weight is 373 g/mol. The number of hydrogen-bond donors (Lipinski definition) is 0. The highest BCUT2D eigenvalue weighted by molar-refractivity contribution is 5.69. The van der Waals surface area contributed by atoms with Crippen LogP contribution in [0.1, 0.15) is 64.5 Å². The van der Waals surface area contributed by atoms with Crippen LogP contribution >= 0.6 is 0 Å². The van der Waals surface area contributed by atoms with Crippen LogP contribution in [0.2, 0.25) is 0 Å². The standard InChI is InChI=1S/C22H31NO4/c1-17(18-7-5-4-6-8-18)23-14-13-21(27-19(23)24)9-11-22(12-10-21)25-15-20(2,3)16-26-22/h4-8,17H,9-16H2,1-3H3. The van der Waals surface area contributed by atoms with Crippen molar-refractivity contribution in [1.82, 2.24) is 4.90 Å². The van der Waals surface area contributed by atoms with E-state index in [1.165, 1.54) is 0 Å². The molecule has 0 bridgehead atoms. The summed E-state index contributed by atoms with van der Waals surface area (Å²) in [6.07, 6.45) is 3.90. The zero-order chi connectivity index (χ0) is 19.1. The Kier molecular flexibility index (Phi) is 4.71. The molecule has 0 radical (unpaired) electrons. The molecule has 3 fully saturated rings. The monoisotopic (exact) mass is 373 g/mol. The number of amides is 1. The first-order valence-corrected chi connectivity index (χ1v) is 10.1. The number of nitrogens with zero attached hydrogens (tertiary/aromatic N) is 1. The van der Waals surface area contributed by atoms with Gasteiger partial charge in [0.25, 0.3) is 0 Å². The summed E-state index contributed by atoms with van der Waals surface area (Å²) in [5.41, 5.74) is 0.861. The summed E-state index contributed by atoms with van der Waals surface area (Å²) in [5.74, 6) is -0.471. The highest BCUT2D eigenvalue weighted by Gasteiger charge is 2.51. The molecule has 1 aromatic carbocycles. The Bertz CT molecular complexity index is 667. The van der Waals surface area contributed by atoms with Gasteiger partial charge in [0.15, 0.2) is 5.79 Å². The minimum atomic E-state index is -0.471. The van der Waals surface area contributed by atoms with E-state index in [-0.39, 0.29) is 23.2 Å². The molecule has 1 saturated carbocycles. The molecule has 2 spiro atoms. The number of benzene rings is 1. The molecule has 1 aromatic rings. The molecule has 1 unspecified atom stereocenters. The van der Waals surface area contributed by atoms with Crippen molar-refractivity contribution in [3.63, 3.8) is 0 Å². The Balaban J connectivity index is 1.37. The van der Waals surface area contributed by atoms with Crippen LogP contribution in [0.15, 0.2) is 30.3 Å². The van der Waals surface area contributed by atoms with Gasteiger partial charge in [0.1, 0.15) is 5.60 Å². The molecule has 148 valence electrons. The van der Waals surface area contributed by atoms with Gasteiger partial charge in [0.05, 0.1) is 19.3 Å². The van der Waals surface area contributed by atoms with Crippen molar-refractivity contribution in [2.75, 3.05) is 19.8 Å². The number of carbonyl (C=O) groups excluding carboxylic acids is 1. The van der Waals surface area contributed by atoms with Gasteiger partial charge in [0, 0.05) is 31.2 Å². The van der Waals surface area contributed by atoms with Gasteiger partial charge in [0.2, 0.25) is 0 Å². The Labute approximate surface area is 162 Å². The molecule has 2 saturated heterocycles. The molecule has 1 atom stereocenters. The van der Waals surface area contributed by atoms with E-state index < -0.39 is 5.79 Å². The van der Waals surface area contributed by atoms with Crippen molar-refractivity contribution < 1.29 is 19.0 Å². The van der Waals surface area contributed by atoms with E-state index in [1.54, 1.807) is 0 Å². The number of rotatable bonds is 2. The second-order valence-electron chi connectivity index (χ2n) is 9.23. The number of carbonyl (C=O) groups is 1. The molecule has 5 nitrogen and oxygen atoms in total. The Morgan fingerprint density at radius 3 is 2.19 bits per heavy atom. The van der Waals surface area contributed by atoms with Gasteiger partial charge < -0.3 is 19.1 Å². The van der Waals surface area contributed by atoms with Gasteiger partial charge in [-0.25, -0.2) is 4.79 Å². The van der Waals surface area contributed by atoms with Gasteiger partial charge in [-0.15, -0.1) is 0 Å². The van der Waals surface area contributed by atoms with E-state index in [9.17, 15) is 4.79 Å². The van der Waals surface area contributed by atoms with Crippen molar-refractivity contribution >= 4 is 6.09 Å². The molecular weight excluding hydrogens is 342 g/mol. The fraction of sp³-hybridized carbons (Fsp3) is 0.682. The smallest absolute Gasteiger partial charge is 0.410 e. The summed E-state index contributed by atoms with van der Waals surface area (Å²) in [4.78, 5) is 14.6. The largest absolute Gasteiger partial charge is 0.443 e. The lowest BCUT2D eigenvalue weighted by Crippen LogP contribution is -2.56. The summed E-state index contributed by atoms with van der Waals surface area (Å²) < 4.78 is 18.3. The SMILES string of the molecule is CC(c1ccccc1)N1CCC2(CCC3(CC2)OCC(C)(C)CO3)OC1=O. The third-order valence-corrected chi connectivity index (χ3v) is 6.47. The summed E-state index contributed by atoms with van der Waals surface area (Å²) in [6.45, 7) is 8.57. The topological polar surface area (TPSA) is 48.0 Å². The molecule has 27 heavy (non-hydrogen) atoms. The molecule has 1 aliphatic carbocycles. The van der Waals surface area contributed by atoms with Gasteiger partial charge in [-0.2, -0.15) is 0 Å². The minimum absolute atomic E-state index is 0.0261. The maximum absolute atomic E-state index is 12.8. The minimum Gasteiger partial charge on any atom is -0.443 e. The molecule has 2 heterocycles. The summed E-state index contributed by atoms with van der Waals surface area (Å²) in [5, 5.41) is 0. The van der Waals surface area contributed by atoms with Crippen LogP contribution in [0.3, 0.4) is 0 Å². The van der Waals surface area contributed by atoms with E-state index >= 15 is 0 Å². The molecular formula is C22H31NO4. The van der Waals surface area contributed by atoms with E-state index in [4.69, 9.17) is 14.2 Å². The fourth-order valence-electron chi connectivity index (χ4n) is 4.44. The maximum Gasteiger partial charge on any atom is 0.410 e. The lowest BCUT2D eigenvalue weighted by molar-refractivity contribution is -0.320. The third-order valence-electron chi connectivity index (χ3n) is 6.47. The lowest BCUT2D eigenvalue weighted by Gasteiger charge is -2.51. The molecule has 3 aliphatic rings. The van der Waals surface area contributed by atoms with Crippen molar-refractivity contribution in [1.29, 1.82) is 0 Å². The number of hydrogen-bond acceptors (Lipinski definition) is 4.